The van der Waals surface area contributed by atoms with E-state index in [0.29, 0.717) is 0 Å². The Labute approximate surface area is 192 Å². The smallest absolute Gasteiger partial charge is 0.322 e. The molecule has 0 aliphatic heterocycles. The van der Waals surface area contributed by atoms with Crippen molar-refractivity contribution in [3.63, 3.8) is 0 Å². The zero-order chi connectivity index (χ0) is 26.0. The van der Waals surface area contributed by atoms with Gasteiger partial charge in [0.25, 0.3) is 0 Å². The van der Waals surface area contributed by atoms with Crippen LogP contribution in [0, 0.1) is 75.5 Å². The van der Waals surface area contributed by atoms with Gasteiger partial charge in [-0.2, -0.15) is 10.5 Å². The molecule has 0 spiro atoms. The zero-order valence-corrected chi connectivity index (χ0v) is 16.8. The lowest BCUT2D eigenvalue weighted by Crippen LogP contribution is -2.04. The normalized spacial score (nSPS) is 11.9. The van der Waals surface area contributed by atoms with Gasteiger partial charge in [0.1, 0.15) is 23.2 Å². The van der Waals surface area contributed by atoms with Crippen LogP contribution in [0.25, 0.3) is 59.9 Å². The third kappa shape index (κ3) is 2.61. The number of halogens is 6. The number of aromatic nitrogens is 2. The minimum absolute atomic E-state index is 0.821. The SMILES string of the molecule is [C-]#[N+]/C(C#N)=c1\nc2c(F)c(F)c3c(c(F)c(F)c4c5oc(=C(C#N)C#N)nc5c(F)c(F)c43)c2o1. The predicted molar refractivity (Wildman–Crippen MR) is 106 cm³/mol. The minimum atomic E-state index is -1.99. The number of hydrogen-bond donors (Lipinski definition) is 0. The molecule has 0 fully saturated rings. The minimum Gasteiger partial charge on any atom is -0.445 e. The predicted octanol–water partition coefficient (Wildman–Crippen LogP) is 3.86. The van der Waals surface area contributed by atoms with Crippen LogP contribution in [0.2, 0.25) is 0 Å². The summed E-state index contributed by atoms with van der Waals surface area (Å²) in [4.78, 5) is 9.65. The molecule has 0 bridgehead atoms. The maximum atomic E-state index is 15.3. The number of nitriles is 3. The highest BCUT2D eigenvalue weighted by atomic mass is 19.2. The van der Waals surface area contributed by atoms with Gasteiger partial charge in [0.05, 0.1) is 23.4 Å². The third-order valence-corrected chi connectivity index (χ3v) is 5.19. The van der Waals surface area contributed by atoms with Gasteiger partial charge in [0, 0.05) is 10.8 Å². The van der Waals surface area contributed by atoms with Crippen molar-refractivity contribution in [2.24, 2.45) is 0 Å². The largest absolute Gasteiger partial charge is 0.445 e. The van der Waals surface area contributed by atoms with E-state index in [-0.39, 0.29) is 0 Å². The fourth-order valence-corrected chi connectivity index (χ4v) is 3.71. The van der Waals surface area contributed by atoms with Gasteiger partial charge in [0.15, 0.2) is 51.6 Å². The molecule has 3 aromatic carbocycles. The van der Waals surface area contributed by atoms with Crippen molar-refractivity contribution in [2.75, 3.05) is 0 Å². The van der Waals surface area contributed by atoms with Crippen molar-refractivity contribution in [3.8, 4) is 18.2 Å². The molecule has 36 heavy (non-hydrogen) atoms. The van der Waals surface area contributed by atoms with Crippen LogP contribution in [0.4, 0.5) is 26.3 Å². The van der Waals surface area contributed by atoms with E-state index < -0.39 is 101 Å². The van der Waals surface area contributed by atoms with Crippen molar-refractivity contribution >= 4 is 55.0 Å². The lowest BCUT2D eigenvalue weighted by Gasteiger charge is -2.11. The third-order valence-electron chi connectivity index (χ3n) is 5.19. The summed E-state index contributed by atoms with van der Waals surface area (Å²) in [7, 11) is 0. The second kappa shape index (κ2) is 7.45. The molecule has 0 N–H and O–H groups in total. The van der Waals surface area contributed by atoms with Gasteiger partial charge in [-0.3, -0.25) is 0 Å². The second-order valence-corrected chi connectivity index (χ2v) is 6.95. The molecule has 0 unspecified atom stereocenters. The number of benzene rings is 3. The Balaban J connectivity index is 2.18. The molecule has 0 radical (unpaired) electrons. The van der Waals surface area contributed by atoms with E-state index >= 15 is 17.6 Å². The summed E-state index contributed by atoms with van der Waals surface area (Å²) in [6.07, 6.45) is 0. The number of rotatable bonds is 0. The lowest BCUT2D eigenvalue weighted by molar-refractivity contribution is 0.506. The molecule has 0 saturated heterocycles. The Bertz CT molecular complexity index is 1980. The summed E-state index contributed by atoms with van der Waals surface area (Å²) in [5, 5.41) is 21.9. The summed E-state index contributed by atoms with van der Waals surface area (Å²) in [5.74, 6) is -11.5. The molecule has 2 heterocycles. The highest BCUT2D eigenvalue weighted by Gasteiger charge is 2.32. The van der Waals surface area contributed by atoms with E-state index in [0.717, 1.165) is 0 Å². The Kier molecular flexibility index (Phi) is 4.60. The number of hydrogen-bond acceptors (Lipinski definition) is 7. The average molecular weight is 494 g/mol. The molecule has 0 saturated carbocycles. The summed E-state index contributed by atoms with van der Waals surface area (Å²) < 4.78 is 101. The molecule has 5 aromatic rings. The van der Waals surface area contributed by atoms with Crippen LogP contribution >= 0.6 is 0 Å². The molecule has 0 atom stereocenters. The number of oxazole rings is 2. The van der Waals surface area contributed by atoms with Crippen LogP contribution < -0.4 is 11.1 Å². The maximum absolute atomic E-state index is 15.3. The Morgan fingerprint density at radius 2 is 1.06 bits per heavy atom. The van der Waals surface area contributed by atoms with Crippen LogP contribution in [0.1, 0.15) is 0 Å². The van der Waals surface area contributed by atoms with Crippen molar-refractivity contribution in [1.82, 2.24) is 9.97 Å². The molecule has 0 aliphatic rings. The Hall–Kier alpha value is -5.60. The molecule has 8 nitrogen and oxygen atoms in total. The first-order chi connectivity index (χ1) is 17.2. The highest BCUT2D eigenvalue weighted by molar-refractivity contribution is 6.20. The molecule has 5 rings (SSSR count). The molecule has 2 aromatic heterocycles. The quantitative estimate of drug-likeness (QED) is 0.182. The van der Waals surface area contributed by atoms with Gasteiger partial charge in [-0.15, -0.1) is 0 Å². The van der Waals surface area contributed by atoms with Crippen molar-refractivity contribution in [2.45, 2.75) is 0 Å². The molecule has 14 heteroatoms. The van der Waals surface area contributed by atoms with E-state index in [1.165, 1.54) is 18.2 Å². The fraction of sp³-hybridized carbons (Fsp3) is 0. The second-order valence-electron chi connectivity index (χ2n) is 6.95. The van der Waals surface area contributed by atoms with Crippen molar-refractivity contribution < 1.29 is 35.2 Å². The van der Waals surface area contributed by atoms with E-state index in [9.17, 15) is 8.78 Å². The molecular weight excluding hydrogens is 494 g/mol. The van der Waals surface area contributed by atoms with Gasteiger partial charge in [-0.25, -0.2) is 46.4 Å². The topological polar surface area (TPSA) is 128 Å². The number of fused-ring (bicyclic) bond motifs is 7. The average Bonchev–Trinajstić information content (AvgIpc) is 3.50. The molecule has 0 amide bonds. The van der Waals surface area contributed by atoms with Gasteiger partial charge >= 0.3 is 5.70 Å². The highest BCUT2D eigenvalue weighted by Crippen LogP contribution is 2.42. The summed E-state index contributed by atoms with van der Waals surface area (Å²) in [5.41, 5.74) is -7.45. The molecule has 172 valence electrons. The first kappa shape index (κ1) is 22.2. The van der Waals surface area contributed by atoms with E-state index in [1.807, 2.05) is 0 Å². The van der Waals surface area contributed by atoms with Crippen LogP contribution in [0.5, 0.6) is 0 Å². The number of nitrogens with zero attached hydrogens (tertiary/aromatic N) is 6. The van der Waals surface area contributed by atoms with Crippen molar-refractivity contribution in [1.29, 1.82) is 15.8 Å². The summed E-state index contributed by atoms with van der Waals surface area (Å²) in [6, 6.07) is 4.10. The fourth-order valence-electron chi connectivity index (χ4n) is 3.71. The molecule has 0 aliphatic carbocycles. The monoisotopic (exact) mass is 494 g/mol. The summed E-state index contributed by atoms with van der Waals surface area (Å²) >= 11 is 0. The van der Waals surface area contributed by atoms with E-state index in [4.69, 9.17) is 31.2 Å². The Morgan fingerprint density at radius 3 is 1.47 bits per heavy atom. The van der Waals surface area contributed by atoms with Crippen molar-refractivity contribution in [3.05, 3.63) is 57.4 Å². The van der Waals surface area contributed by atoms with Crippen LogP contribution in [-0.2, 0) is 0 Å². The van der Waals surface area contributed by atoms with E-state index in [1.54, 1.807) is 0 Å². The summed E-state index contributed by atoms with van der Waals surface area (Å²) in [6.45, 7) is 6.92. The van der Waals surface area contributed by atoms with Gasteiger partial charge in [-0.05, 0) is 0 Å². The molecular formula is C22F6N6O2. The van der Waals surface area contributed by atoms with Gasteiger partial charge in [0.2, 0.25) is 11.1 Å². The van der Waals surface area contributed by atoms with Gasteiger partial charge in [-0.1, -0.05) is 0 Å². The van der Waals surface area contributed by atoms with Gasteiger partial charge < -0.3 is 8.83 Å². The zero-order valence-electron chi connectivity index (χ0n) is 16.8. The first-order valence-electron chi connectivity index (χ1n) is 9.21. The lowest BCUT2D eigenvalue weighted by atomic mass is 9.97. The van der Waals surface area contributed by atoms with Crippen LogP contribution in [0.3, 0.4) is 0 Å². The van der Waals surface area contributed by atoms with Crippen LogP contribution in [0.15, 0.2) is 8.83 Å². The first-order valence-corrected chi connectivity index (χ1v) is 9.21. The van der Waals surface area contributed by atoms with E-state index in [2.05, 4.69) is 14.8 Å². The van der Waals surface area contributed by atoms with Crippen LogP contribution in [-0.4, -0.2) is 9.97 Å². The maximum Gasteiger partial charge on any atom is 0.322 e. The Morgan fingerprint density at radius 1 is 0.639 bits per heavy atom. The standard InChI is InChI=1S/C22F6N6O2/c1-32-6(4-31)22-34-18-16(28)12(24)8-7-9(13(25)14(26)10(8)20(18)36-22)19-17(15(27)11(7)23)33-21(35-19)5(2-29)3-30/b22-6+.